The number of nitrogens with one attached hydrogen (secondary N) is 1. The molecule has 0 spiro atoms. The van der Waals surface area contributed by atoms with Crippen LogP contribution in [0.4, 0.5) is 0 Å². The van der Waals surface area contributed by atoms with Gasteiger partial charge in [-0.15, -0.1) is 0 Å². The topological polar surface area (TPSA) is 69.6 Å². The van der Waals surface area contributed by atoms with Crippen LogP contribution in [-0.2, 0) is 4.79 Å². The molecule has 2 aliphatic carbocycles. The zero-order chi connectivity index (χ0) is 19.6. The first-order valence-corrected chi connectivity index (χ1v) is 11.0. The second-order valence-corrected chi connectivity index (χ2v) is 8.37. The van der Waals surface area contributed by atoms with Crippen molar-refractivity contribution < 1.29 is 15.0 Å². The molecule has 154 valence electrons. The molecule has 0 aliphatic heterocycles. The van der Waals surface area contributed by atoms with Gasteiger partial charge >= 0.3 is 0 Å². The number of aliphatic hydroxyl groups is 2. The summed E-state index contributed by atoms with van der Waals surface area (Å²) in [5, 5.41) is 23.4. The molecule has 2 aliphatic rings. The van der Waals surface area contributed by atoms with Crippen LogP contribution in [0.5, 0.6) is 0 Å². The highest BCUT2D eigenvalue weighted by Crippen LogP contribution is 2.50. The molecule has 4 heteroatoms. The molecule has 0 radical (unpaired) electrons. The Kier molecular flexibility index (Phi) is 9.57. The number of aliphatic hydroxyl groups excluding tert-OH is 2. The van der Waals surface area contributed by atoms with Gasteiger partial charge < -0.3 is 15.5 Å². The van der Waals surface area contributed by atoms with Gasteiger partial charge in [-0.25, -0.2) is 0 Å². The molecule has 2 saturated carbocycles. The van der Waals surface area contributed by atoms with E-state index in [1.54, 1.807) is 0 Å². The molecule has 0 unspecified atom stereocenters. The van der Waals surface area contributed by atoms with E-state index in [-0.39, 0.29) is 24.0 Å². The molecule has 1 amide bonds. The van der Waals surface area contributed by atoms with Crippen LogP contribution in [0.2, 0.25) is 0 Å². The van der Waals surface area contributed by atoms with E-state index in [9.17, 15) is 15.0 Å². The van der Waals surface area contributed by atoms with Gasteiger partial charge in [0.2, 0.25) is 5.91 Å². The minimum atomic E-state index is -0.381. The van der Waals surface area contributed by atoms with Crippen LogP contribution >= 0.6 is 0 Å². The minimum absolute atomic E-state index is 0.144. The van der Waals surface area contributed by atoms with Gasteiger partial charge in [0.1, 0.15) is 0 Å². The fraction of sp³-hybridized carbons (Fsp3) is 0.783. The van der Waals surface area contributed by atoms with E-state index >= 15 is 0 Å². The number of carbonyl (C=O) groups is 1. The molecule has 3 N–H and O–H groups in total. The third-order valence-electron chi connectivity index (χ3n) is 6.18. The van der Waals surface area contributed by atoms with E-state index in [1.807, 2.05) is 13.0 Å². The third-order valence-corrected chi connectivity index (χ3v) is 6.18. The van der Waals surface area contributed by atoms with E-state index in [2.05, 4.69) is 24.4 Å². The fourth-order valence-electron chi connectivity index (χ4n) is 4.75. The SMILES string of the molecule is CCCCC[C@H](O)/C=C/[C@@H]1[C@H]2C/C(=C/CCCC(=O)NCC)C[C@H]2C[C@H]1O. The van der Waals surface area contributed by atoms with Gasteiger partial charge in [-0.3, -0.25) is 4.79 Å². The number of carbonyl (C=O) groups excluding carboxylic acids is 1. The third kappa shape index (κ3) is 7.08. The first kappa shape index (κ1) is 22.2. The van der Waals surface area contributed by atoms with Crippen LogP contribution < -0.4 is 5.32 Å². The Hall–Kier alpha value is -1.13. The lowest BCUT2D eigenvalue weighted by Crippen LogP contribution is -2.21. The van der Waals surface area contributed by atoms with Gasteiger partial charge in [-0.2, -0.15) is 0 Å². The molecule has 27 heavy (non-hydrogen) atoms. The van der Waals surface area contributed by atoms with Crippen LogP contribution in [0.25, 0.3) is 0 Å². The van der Waals surface area contributed by atoms with Crippen LogP contribution in [0.15, 0.2) is 23.8 Å². The van der Waals surface area contributed by atoms with Crippen LogP contribution in [-0.4, -0.2) is 34.9 Å². The summed E-state index contributed by atoms with van der Waals surface area (Å²) in [6, 6.07) is 0. The van der Waals surface area contributed by atoms with Crippen molar-refractivity contribution in [2.75, 3.05) is 6.54 Å². The van der Waals surface area contributed by atoms with Crippen molar-refractivity contribution in [3.8, 4) is 0 Å². The molecule has 0 saturated heterocycles. The lowest BCUT2D eigenvalue weighted by Gasteiger charge is -2.17. The summed E-state index contributed by atoms with van der Waals surface area (Å²) in [6.45, 7) is 4.82. The van der Waals surface area contributed by atoms with Gasteiger partial charge in [0.25, 0.3) is 0 Å². The number of rotatable bonds is 11. The number of hydrogen-bond donors (Lipinski definition) is 3. The maximum Gasteiger partial charge on any atom is 0.219 e. The Morgan fingerprint density at radius 2 is 2.07 bits per heavy atom. The standard InChI is InChI=1S/C23H39NO3/c1-3-5-6-10-19(25)12-13-20-21-15-17(14-18(21)16-22(20)26)9-7-8-11-23(27)24-4-2/h9,12-13,18-22,25-26H,3-8,10-11,14-16H2,1-2H3,(H,24,27)/b13-12+,17-9+/t18-,19-,20+,21-,22+/m0/s1. The van der Waals surface area contributed by atoms with E-state index < -0.39 is 0 Å². The molecule has 0 aromatic carbocycles. The molecule has 0 bridgehead atoms. The largest absolute Gasteiger partial charge is 0.392 e. The van der Waals surface area contributed by atoms with E-state index in [0.29, 0.717) is 24.8 Å². The van der Waals surface area contributed by atoms with Crippen molar-refractivity contribution in [3.63, 3.8) is 0 Å². The summed E-state index contributed by atoms with van der Waals surface area (Å²) in [5.41, 5.74) is 1.50. The summed E-state index contributed by atoms with van der Waals surface area (Å²) in [6.07, 6.45) is 15.4. The Morgan fingerprint density at radius 3 is 2.81 bits per heavy atom. The lowest BCUT2D eigenvalue weighted by molar-refractivity contribution is -0.121. The zero-order valence-corrected chi connectivity index (χ0v) is 17.2. The quantitative estimate of drug-likeness (QED) is 0.375. The van der Waals surface area contributed by atoms with Crippen molar-refractivity contribution in [2.45, 2.75) is 90.3 Å². The predicted molar refractivity (Wildman–Crippen MR) is 110 cm³/mol. The lowest BCUT2D eigenvalue weighted by atomic mass is 9.90. The number of amides is 1. The highest BCUT2D eigenvalue weighted by molar-refractivity contribution is 5.75. The second-order valence-electron chi connectivity index (χ2n) is 8.37. The molecule has 0 heterocycles. The van der Waals surface area contributed by atoms with Gasteiger partial charge in [-0.05, 0) is 57.3 Å². The van der Waals surface area contributed by atoms with Gasteiger partial charge in [0.05, 0.1) is 12.2 Å². The molecule has 4 nitrogen and oxygen atoms in total. The van der Waals surface area contributed by atoms with Crippen molar-refractivity contribution >= 4 is 5.91 Å². The molecule has 0 aromatic rings. The molecule has 0 aromatic heterocycles. The maximum absolute atomic E-state index is 11.5. The highest BCUT2D eigenvalue weighted by atomic mass is 16.3. The summed E-state index contributed by atoms with van der Waals surface area (Å²) in [4.78, 5) is 11.5. The average Bonchev–Trinajstić information content (AvgIpc) is 3.14. The van der Waals surface area contributed by atoms with Crippen molar-refractivity contribution in [2.24, 2.45) is 17.8 Å². The summed E-state index contributed by atoms with van der Waals surface area (Å²) >= 11 is 0. The average molecular weight is 378 g/mol. The monoisotopic (exact) mass is 377 g/mol. The number of fused-ring (bicyclic) bond motifs is 1. The smallest absolute Gasteiger partial charge is 0.219 e. The van der Waals surface area contributed by atoms with Gasteiger partial charge in [0, 0.05) is 18.9 Å². The van der Waals surface area contributed by atoms with Crippen molar-refractivity contribution in [1.29, 1.82) is 0 Å². The van der Waals surface area contributed by atoms with Gasteiger partial charge in [0.15, 0.2) is 0 Å². The molecular weight excluding hydrogens is 338 g/mol. The number of hydrogen-bond acceptors (Lipinski definition) is 3. The van der Waals surface area contributed by atoms with E-state index in [0.717, 1.165) is 51.4 Å². The maximum atomic E-state index is 11.5. The molecule has 2 rings (SSSR count). The second kappa shape index (κ2) is 11.7. The molecule has 5 atom stereocenters. The Bertz CT molecular complexity index is 514. The van der Waals surface area contributed by atoms with Crippen LogP contribution in [0, 0.1) is 17.8 Å². The summed E-state index contributed by atoms with van der Waals surface area (Å²) < 4.78 is 0. The molecular formula is C23H39NO3. The minimum Gasteiger partial charge on any atom is -0.392 e. The van der Waals surface area contributed by atoms with Crippen LogP contribution in [0.1, 0.15) is 78.1 Å². The predicted octanol–water partition coefficient (Wildman–Crippen LogP) is 4.12. The summed E-state index contributed by atoms with van der Waals surface area (Å²) in [5.74, 6) is 1.40. The van der Waals surface area contributed by atoms with Crippen molar-refractivity contribution in [3.05, 3.63) is 23.8 Å². The molecule has 2 fully saturated rings. The normalized spacial score (nSPS) is 30.1. The highest BCUT2D eigenvalue weighted by Gasteiger charge is 2.44. The first-order chi connectivity index (χ1) is 13.0. The number of unbranched alkanes of at least 4 members (excludes halogenated alkanes) is 3. The Balaban J connectivity index is 1.78. The first-order valence-electron chi connectivity index (χ1n) is 11.0. The van der Waals surface area contributed by atoms with E-state index in [1.165, 1.54) is 12.0 Å². The van der Waals surface area contributed by atoms with Gasteiger partial charge in [-0.1, -0.05) is 50.0 Å². The Labute approximate surface area is 165 Å². The summed E-state index contributed by atoms with van der Waals surface area (Å²) in [7, 11) is 0. The fourth-order valence-corrected chi connectivity index (χ4v) is 4.75. The van der Waals surface area contributed by atoms with Crippen molar-refractivity contribution in [1.82, 2.24) is 5.32 Å². The van der Waals surface area contributed by atoms with E-state index in [4.69, 9.17) is 0 Å². The van der Waals surface area contributed by atoms with Crippen LogP contribution in [0.3, 0.4) is 0 Å². The zero-order valence-electron chi connectivity index (χ0n) is 17.2. The number of allylic oxidation sites excluding steroid dienone is 2. The Morgan fingerprint density at radius 1 is 1.26 bits per heavy atom.